The van der Waals surface area contributed by atoms with E-state index in [0.717, 1.165) is 16.7 Å². The molecule has 2 aromatic rings. The maximum atomic E-state index is 6.26. The normalized spacial score (nSPS) is 13.4. The average molecular weight is 295 g/mol. The van der Waals surface area contributed by atoms with Crippen LogP contribution in [0.15, 0.2) is 42.5 Å². The zero-order valence-corrected chi connectivity index (χ0v) is 11.5. The monoisotopic (exact) mass is 293 g/mol. The molecule has 3 heteroatoms. The summed E-state index contributed by atoms with van der Waals surface area (Å²) < 4.78 is 0. The summed E-state index contributed by atoms with van der Waals surface area (Å²) in [6.45, 7) is 0. The molecule has 0 spiro atoms. The molecule has 1 radical (unpaired) electrons. The van der Waals surface area contributed by atoms with Crippen LogP contribution in [0.1, 0.15) is 16.7 Å². The van der Waals surface area contributed by atoms with Crippen molar-refractivity contribution in [3.63, 3.8) is 0 Å². The molecule has 0 fully saturated rings. The van der Waals surface area contributed by atoms with E-state index in [1.807, 2.05) is 18.2 Å². The minimum absolute atomic E-state index is 0.546. The summed E-state index contributed by atoms with van der Waals surface area (Å²) in [6, 6.07) is 11.6. The van der Waals surface area contributed by atoms with Gasteiger partial charge in [-0.05, 0) is 28.8 Å². The molecule has 0 N–H and O–H groups in total. The highest BCUT2D eigenvalue weighted by atomic mass is 35.5. The summed E-state index contributed by atoms with van der Waals surface area (Å²) in [5.74, 6) is 0. The van der Waals surface area contributed by atoms with Crippen LogP contribution in [-0.2, 0) is 0 Å². The molecule has 18 heavy (non-hydrogen) atoms. The number of hydrogen-bond acceptors (Lipinski definition) is 0. The first-order valence-corrected chi connectivity index (χ1v) is 6.59. The molecular weight excluding hydrogens is 287 g/mol. The molecule has 1 aliphatic rings. The number of rotatable bonds is 1. The molecule has 0 aliphatic heterocycles. The topological polar surface area (TPSA) is 0 Å². The van der Waals surface area contributed by atoms with Crippen LogP contribution in [0, 0.1) is 6.42 Å². The lowest BCUT2D eigenvalue weighted by Gasteiger charge is -2.10. The number of halogens is 3. The molecule has 0 nitrogen and oxygen atoms in total. The van der Waals surface area contributed by atoms with Gasteiger partial charge in [0.25, 0.3) is 0 Å². The third kappa shape index (κ3) is 1.95. The fourth-order valence-corrected chi connectivity index (χ4v) is 3.19. The van der Waals surface area contributed by atoms with E-state index < -0.39 is 0 Å². The van der Waals surface area contributed by atoms with E-state index in [1.54, 1.807) is 12.1 Å². The minimum atomic E-state index is 0.546. The first-order chi connectivity index (χ1) is 8.66. The molecule has 0 saturated carbocycles. The van der Waals surface area contributed by atoms with E-state index in [2.05, 4.69) is 18.6 Å². The lowest BCUT2D eigenvalue weighted by atomic mass is 9.99. The molecule has 0 heterocycles. The summed E-state index contributed by atoms with van der Waals surface area (Å²) in [5, 5.41) is 1.69. The van der Waals surface area contributed by atoms with E-state index >= 15 is 0 Å². The van der Waals surface area contributed by atoms with Crippen molar-refractivity contribution >= 4 is 40.4 Å². The number of allylic oxidation sites excluding steroid dienone is 1. The van der Waals surface area contributed by atoms with Gasteiger partial charge in [0, 0.05) is 17.0 Å². The summed E-state index contributed by atoms with van der Waals surface area (Å²) in [4.78, 5) is 0. The van der Waals surface area contributed by atoms with Gasteiger partial charge in [-0.1, -0.05) is 65.1 Å². The Balaban J connectivity index is 2.19. The maximum absolute atomic E-state index is 6.26. The third-order valence-corrected chi connectivity index (χ3v) is 3.77. The van der Waals surface area contributed by atoms with Gasteiger partial charge in [-0.3, -0.25) is 0 Å². The Morgan fingerprint density at radius 3 is 2.22 bits per heavy atom. The molecule has 2 aromatic carbocycles. The zero-order valence-electron chi connectivity index (χ0n) is 9.25. The molecule has 89 valence electrons. The fourth-order valence-electron chi connectivity index (χ4n) is 2.17. The first-order valence-electron chi connectivity index (χ1n) is 5.46. The van der Waals surface area contributed by atoms with Crippen LogP contribution in [0.4, 0.5) is 0 Å². The van der Waals surface area contributed by atoms with Crippen molar-refractivity contribution in [1.82, 2.24) is 0 Å². The second kappa shape index (κ2) is 4.62. The Morgan fingerprint density at radius 2 is 1.50 bits per heavy atom. The van der Waals surface area contributed by atoms with Crippen molar-refractivity contribution < 1.29 is 0 Å². The van der Waals surface area contributed by atoms with Gasteiger partial charge in [0.1, 0.15) is 0 Å². The van der Waals surface area contributed by atoms with E-state index in [4.69, 9.17) is 34.8 Å². The van der Waals surface area contributed by atoms with Gasteiger partial charge < -0.3 is 0 Å². The Bertz CT molecular complexity index is 634. The highest BCUT2D eigenvalue weighted by Gasteiger charge is 2.20. The third-order valence-electron chi connectivity index (χ3n) is 2.96. The van der Waals surface area contributed by atoms with Crippen LogP contribution in [0.2, 0.25) is 15.1 Å². The molecule has 0 bridgehead atoms. The van der Waals surface area contributed by atoms with E-state index in [-0.39, 0.29) is 0 Å². The van der Waals surface area contributed by atoms with E-state index in [9.17, 15) is 0 Å². The van der Waals surface area contributed by atoms with Crippen LogP contribution < -0.4 is 0 Å². The Labute approximate surface area is 121 Å². The summed E-state index contributed by atoms with van der Waals surface area (Å²) in [6.07, 6.45) is 4.09. The van der Waals surface area contributed by atoms with Crippen LogP contribution in [0.25, 0.3) is 5.57 Å². The van der Waals surface area contributed by atoms with Crippen LogP contribution >= 0.6 is 34.8 Å². The maximum Gasteiger partial charge on any atom is 0.0514 e. The number of hydrogen-bond donors (Lipinski definition) is 0. The van der Waals surface area contributed by atoms with E-state index in [0.29, 0.717) is 15.1 Å². The lowest BCUT2D eigenvalue weighted by molar-refractivity contribution is 1.52. The largest absolute Gasteiger partial charge is 0.0842 e. The Hall–Kier alpha value is -0.950. The minimum Gasteiger partial charge on any atom is -0.0842 e. The van der Waals surface area contributed by atoms with E-state index in [1.165, 1.54) is 5.56 Å². The standard InChI is InChI=1S/C15H8Cl3/c16-10-7-13(17)15(14(18)8-10)12-6-5-9-3-1-2-4-11(9)12/h1-8H. The summed E-state index contributed by atoms with van der Waals surface area (Å²) in [7, 11) is 0. The van der Waals surface area contributed by atoms with Crippen molar-refractivity contribution in [1.29, 1.82) is 0 Å². The molecule has 0 amide bonds. The van der Waals surface area contributed by atoms with Crippen molar-refractivity contribution in [2.75, 3.05) is 0 Å². The molecule has 1 aliphatic carbocycles. The van der Waals surface area contributed by atoms with Crippen LogP contribution in [0.5, 0.6) is 0 Å². The fraction of sp³-hybridized carbons (Fsp3) is 0. The number of fused-ring (bicyclic) bond motifs is 1. The Kier molecular flexibility index (Phi) is 3.11. The molecular formula is C15H8Cl3. The summed E-state index contributed by atoms with van der Waals surface area (Å²) >= 11 is 18.4. The van der Waals surface area contributed by atoms with Gasteiger partial charge in [-0.2, -0.15) is 0 Å². The van der Waals surface area contributed by atoms with Crippen molar-refractivity contribution in [3.8, 4) is 0 Å². The summed E-state index contributed by atoms with van der Waals surface area (Å²) in [5.41, 5.74) is 4.19. The van der Waals surface area contributed by atoms with Crippen LogP contribution in [-0.4, -0.2) is 0 Å². The molecule has 0 atom stereocenters. The Morgan fingerprint density at radius 1 is 0.833 bits per heavy atom. The van der Waals surface area contributed by atoms with Crippen molar-refractivity contribution in [2.24, 2.45) is 0 Å². The molecule has 3 rings (SSSR count). The predicted molar refractivity (Wildman–Crippen MR) is 78.4 cm³/mol. The second-order valence-corrected chi connectivity index (χ2v) is 5.33. The highest BCUT2D eigenvalue weighted by Crippen LogP contribution is 2.41. The number of benzene rings is 2. The SMILES string of the molecule is Clc1cc(Cl)c(C2=C[CH]c3ccccc32)c(Cl)c1. The van der Waals surface area contributed by atoms with Gasteiger partial charge in [0.2, 0.25) is 0 Å². The van der Waals surface area contributed by atoms with Gasteiger partial charge in [-0.25, -0.2) is 0 Å². The van der Waals surface area contributed by atoms with Gasteiger partial charge >= 0.3 is 0 Å². The predicted octanol–water partition coefficient (Wildman–Crippen LogP) is 5.64. The highest BCUT2D eigenvalue weighted by molar-refractivity contribution is 6.40. The van der Waals surface area contributed by atoms with Crippen molar-refractivity contribution in [3.05, 3.63) is 80.7 Å². The molecule has 0 saturated heterocycles. The van der Waals surface area contributed by atoms with Gasteiger partial charge in [0.15, 0.2) is 0 Å². The molecule has 0 aromatic heterocycles. The van der Waals surface area contributed by atoms with Gasteiger partial charge in [0.05, 0.1) is 10.0 Å². The molecule has 0 unspecified atom stereocenters. The first kappa shape index (κ1) is 12.1. The quantitative estimate of drug-likeness (QED) is 0.638. The average Bonchev–Trinajstić information content (AvgIpc) is 2.72. The van der Waals surface area contributed by atoms with Crippen molar-refractivity contribution in [2.45, 2.75) is 0 Å². The smallest absolute Gasteiger partial charge is 0.0514 e. The van der Waals surface area contributed by atoms with Crippen LogP contribution in [0.3, 0.4) is 0 Å². The lowest BCUT2D eigenvalue weighted by Crippen LogP contribution is -1.89. The second-order valence-electron chi connectivity index (χ2n) is 4.08. The van der Waals surface area contributed by atoms with Gasteiger partial charge in [-0.15, -0.1) is 0 Å². The zero-order chi connectivity index (χ0) is 12.7.